The van der Waals surface area contributed by atoms with Gasteiger partial charge in [-0.15, -0.1) is 0 Å². The number of amides is 1. The molecule has 2 saturated heterocycles. The van der Waals surface area contributed by atoms with Crippen LogP contribution in [0.5, 0.6) is 0 Å². The Hall–Kier alpha value is -2.28. The molecule has 0 saturated carbocycles. The van der Waals surface area contributed by atoms with Crippen LogP contribution >= 0.6 is 0 Å². The van der Waals surface area contributed by atoms with Crippen molar-refractivity contribution in [2.24, 2.45) is 11.8 Å². The van der Waals surface area contributed by atoms with Gasteiger partial charge in [-0.1, -0.05) is 12.1 Å². The number of aromatic nitrogens is 2. The maximum atomic E-state index is 13.9. The summed E-state index contributed by atoms with van der Waals surface area (Å²) in [5.74, 6) is -0.393. The summed E-state index contributed by atoms with van der Waals surface area (Å²) in [6, 6.07) is 4.37. The molecule has 144 valence electrons. The number of hydrogen-bond donors (Lipinski definition) is 1. The van der Waals surface area contributed by atoms with Crippen molar-refractivity contribution in [2.75, 3.05) is 26.2 Å². The minimum atomic E-state index is -0.782. The molecule has 0 aliphatic carbocycles. The highest BCUT2D eigenvalue weighted by molar-refractivity contribution is 5.92. The quantitative estimate of drug-likeness (QED) is 0.895. The first-order chi connectivity index (χ1) is 13.1. The van der Waals surface area contributed by atoms with Gasteiger partial charge in [0.05, 0.1) is 12.5 Å². The summed E-state index contributed by atoms with van der Waals surface area (Å²) < 4.78 is 27.2. The van der Waals surface area contributed by atoms with Crippen LogP contribution < -0.4 is 0 Å². The van der Waals surface area contributed by atoms with E-state index in [1.807, 2.05) is 4.90 Å². The minimum Gasteiger partial charge on any atom is -0.341 e. The van der Waals surface area contributed by atoms with Gasteiger partial charge in [-0.05, 0) is 50.3 Å². The number of rotatable bonds is 4. The van der Waals surface area contributed by atoms with E-state index in [2.05, 4.69) is 14.9 Å². The first-order valence-corrected chi connectivity index (χ1v) is 9.54. The number of H-pyrrole nitrogens is 1. The summed E-state index contributed by atoms with van der Waals surface area (Å²) in [5.41, 5.74) is 0.966. The molecule has 2 fully saturated rings. The van der Waals surface area contributed by atoms with Gasteiger partial charge in [0, 0.05) is 25.2 Å². The van der Waals surface area contributed by atoms with Crippen LogP contribution in [0.15, 0.2) is 30.7 Å². The Morgan fingerprint density at radius 2 is 1.93 bits per heavy atom. The summed E-state index contributed by atoms with van der Waals surface area (Å²) in [5, 5.41) is 0. The lowest BCUT2D eigenvalue weighted by Crippen LogP contribution is -2.37. The van der Waals surface area contributed by atoms with Crippen LogP contribution in [0.25, 0.3) is 0 Å². The van der Waals surface area contributed by atoms with Crippen LogP contribution in [-0.2, 0) is 6.54 Å². The van der Waals surface area contributed by atoms with Crippen molar-refractivity contribution < 1.29 is 13.6 Å². The lowest BCUT2D eigenvalue weighted by Gasteiger charge is -2.34. The molecular weight excluding hydrogens is 350 g/mol. The lowest BCUT2D eigenvalue weighted by molar-refractivity contribution is 0.0767. The van der Waals surface area contributed by atoms with Crippen LogP contribution in [0.1, 0.15) is 35.3 Å². The molecule has 0 spiro atoms. The van der Waals surface area contributed by atoms with E-state index < -0.39 is 11.6 Å². The summed E-state index contributed by atoms with van der Waals surface area (Å²) >= 11 is 0. The van der Waals surface area contributed by atoms with Gasteiger partial charge in [0.1, 0.15) is 5.69 Å². The van der Waals surface area contributed by atoms with Gasteiger partial charge in [-0.3, -0.25) is 9.69 Å². The second-order valence-corrected chi connectivity index (χ2v) is 7.59. The molecule has 1 atom stereocenters. The van der Waals surface area contributed by atoms with Crippen LogP contribution in [0.4, 0.5) is 8.78 Å². The molecule has 3 heterocycles. The zero-order valence-electron chi connectivity index (χ0n) is 15.2. The summed E-state index contributed by atoms with van der Waals surface area (Å²) in [6.07, 6.45) is 6.20. The number of likely N-dealkylation sites (tertiary alicyclic amines) is 2. The van der Waals surface area contributed by atoms with Crippen LogP contribution in [-0.4, -0.2) is 51.9 Å². The molecule has 1 aromatic carbocycles. The zero-order valence-corrected chi connectivity index (χ0v) is 15.2. The molecule has 1 amide bonds. The van der Waals surface area contributed by atoms with Gasteiger partial charge in [0.15, 0.2) is 11.6 Å². The Kier molecular flexibility index (Phi) is 5.20. The highest BCUT2D eigenvalue weighted by Crippen LogP contribution is 2.33. The van der Waals surface area contributed by atoms with Crippen molar-refractivity contribution in [3.63, 3.8) is 0 Å². The van der Waals surface area contributed by atoms with Crippen molar-refractivity contribution in [1.82, 2.24) is 19.8 Å². The monoisotopic (exact) mass is 374 g/mol. The van der Waals surface area contributed by atoms with E-state index in [1.165, 1.54) is 6.33 Å². The normalized spacial score (nSPS) is 21.7. The second kappa shape index (κ2) is 7.76. The number of hydrogen-bond acceptors (Lipinski definition) is 3. The van der Waals surface area contributed by atoms with E-state index in [9.17, 15) is 13.6 Å². The van der Waals surface area contributed by atoms with Crippen LogP contribution in [0.3, 0.4) is 0 Å². The number of nitrogens with zero attached hydrogens (tertiary/aromatic N) is 3. The van der Waals surface area contributed by atoms with E-state index in [0.29, 0.717) is 29.6 Å². The van der Waals surface area contributed by atoms with E-state index in [4.69, 9.17) is 0 Å². The first kappa shape index (κ1) is 18.1. The van der Waals surface area contributed by atoms with E-state index in [-0.39, 0.29) is 5.91 Å². The molecule has 0 bridgehead atoms. The number of imidazole rings is 1. The largest absolute Gasteiger partial charge is 0.341 e. The van der Waals surface area contributed by atoms with Crippen molar-refractivity contribution in [2.45, 2.75) is 25.8 Å². The smallest absolute Gasteiger partial charge is 0.271 e. The average Bonchev–Trinajstić information content (AvgIpc) is 3.38. The molecule has 1 N–H and O–H groups in total. The number of halogens is 2. The molecule has 4 rings (SSSR count). The van der Waals surface area contributed by atoms with Crippen LogP contribution in [0.2, 0.25) is 0 Å². The van der Waals surface area contributed by atoms with Gasteiger partial charge in [-0.25, -0.2) is 13.8 Å². The first-order valence-electron chi connectivity index (χ1n) is 9.54. The highest BCUT2D eigenvalue weighted by Gasteiger charge is 2.34. The Morgan fingerprint density at radius 3 is 2.67 bits per heavy atom. The fourth-order valence-electron chi connectivity index (χ4n) is 4.39. The fraction of sp³-hybridized carbons (Fsp3) is 0.500. The SMILES string of the molecule is O=C(c1cnc[nH]1)N1CC[C@@H](C2CCN(Cc3cccc(F)c3F)CC2)C1. The Labute approximate surface area is 157 Å². The van der Waals surface area contributed by atoms with Gasteiger partial charge in [0.2, 0.25) is 0 Å². The Balaban J connectivity index is 1.28. The Morgan fingerprint density at radius 1 is 1.15 bits per heavy atom. The third-order valence-corrected chi connectivity index (χ3v) is 5.96. The van der Waals surface area contributed by atoms with Crippen molar-refractivity contribution in [3.05, 3.63) is 53.6 Å². The maximum absolute atomic E-state index is 13.9. The number of piperidine rings is 1. The van der Waals surface area contributed by atoms with E-state index >= 15 is 0 Å². The molecule has 1 aromatic heterocycles. The number of aromatic amines is 1. The van der Waals surface area contributed by atoms with Crippen molar-refractivity contribution >= 4 is 5.91 Å². The van der Waals surface area contributed by atoms with Gasteiger partial charge >= 0.3 is 0 Å². The molecule has 0 radical (unpaired) electrons. The molecule has 5 nitrogen and oxygen atoms in total. The zero-order chi connectivity index (χ0) is 18.8. The third kappa shape index (κ3) is 3.88. The molecule has 27 heavy (non-hydrogen) atoms. The topological polar surface area (TPSA) is 52.2 Å². The molecule has 7 heteroatoms. The van der Waals surface area contributed by atoms with Gasteiger partial charge in [0.25, 0.3) is 5.91 Å². The lowest BCUT2D eigenvalue weighted by atomic mass is 9.83. The van der Waals surface area contributed by atoms with Gasteiger partial charge in [-0.2, -0.15) is 0 Å². The maximum Gasteiger partial charge on any atom is 0.271 e. The van der Waals surface area contributed by atoms with Crippen molar-refractivity contribution in [1.29, 1.82) is 0 Å². The fourth-order valence-corrected chi connectivity index (χ4v) is 4.39. The summed E-state index contributed by atoms with van der Waals surface area (Å²) in [7, 11) is 0. The summed E-state index contributed by atoms with van der Waals surface area (Å²) in [4.78, 5) is 23.3. The number of carbonyl (C=O) groups excluding carboxylic acids is 1. The number of nitrogens with one attached hydrogen (secondary N) is 1. The number of benzene rings is 1. The third-order valence-electron chi connectivity index (χ3n) is 5.96. The molecular formula is C20H24F2N4O. The Bertz CT molecular complexity index is 787. The minimum absolute atomic E-state index is 0.0222. The highest BCUT2D eigenvalue weighted by atomic mass is 19.2. The standard InChI is InChI=1S/C20H24F2N4O/c21-17-3-1-2-16(19(17)22)11-25-7-4-14(5-8-25)15-6-9-26(12-15)20(27)18-10-23-13-24-18/h1-3,10,13-15H,4-9,11-12H2,(H,23,24)/t15-/m1/s1. The summed E-state index contributed by atoms with van der Waals surface area (Å²) in [6.45, 7) is 3.79. The van der Waals surface area contributed by atoms with Crippen molar-refractivity contribution in [3.8, 4) is 0 Å². The van der Waals surface area contributed by atoms with Gasteiger partial charge < -0.3 is 9.88 Å². The molecule has 2 aromatic rings. The predicted molar refractivity (Wildman–Crippen MR) is 97.0 cm³/mol. The average molecular weight is 374 g/mol. The predicted octanol–water partition coefficient (Wildman–Crippen LogP) is 3.06. The van der Waals surface area contributed by atoms with Crippen LogP contribution in [0, 0.1) is 23.5 Å². The second-order valence-electron chi connectivity index (χ2n) is 7.59. The molecule has 0 unspecified atom stereocenters. The number of carbonyl (C=O) groups is 1. The molecule has 2 aliphatic heterocycles. The van der Waals surface area contributed by atoms with E-state index in [0.717, 1.165) is 51.5 Å². The van der Waals surface area contributed by atoms with E-state index in [1.54, 1.807) is 18.3 Å². The molecule has 2 aliphatic rings.